The summed E-state index contributed by atoms with van der Waals surface area (Å²) in [7, 11) is 2.05. The summed E-state index contributed by atoms with van der Waals surface area (Å²) in [4.78, 5) is 0. The van der Waals surface area contributed by atoms with Crippen LogP contribution < -0.4 is 4.57 Å². The standard InChI is InChI=1S/C18H22N2/c1-5-13-19(4)17-10-8-7-9-16(17)18-12-11-15(3)14-20(18)6-2/h5,7-14H,1,6H2,2-4H3/q+2. The molecule has 2 rings (SSSR count). The molecular weight excluding hydrogens is 244 g/mol. The lowest BCUT2D eigenvalue weighted by Gasteiger charge is -2.06. The van der Waals surface area contributed by atoms with E-state index in [1.54, 1.807) is 6.08 Å². The summed E-state index contributed by atoms with van der Waals surface area (Å²) in [5.74, 6) is 0. The lowest BCUT2D eigenvalue weighted by molar-refractivity contribution is -0.683. The Morgan fingerprint density at radius 1 is 1.20 bits per heavy atom. The van der Waals surface area contributed by atoms with E-state index in [4.69, 9.17) is 0 Å². The normalized spacial score (nSPS) is 11.4. The fourth-order valence-electron chi connectivity index (χ4n) is 2.41. The quantitative estimate of drug-likeness (QED) is 0.590. The zero-order valence-electron chi connectivity index (χ0n) is 12.5. The molecule has 0 saturated heterocycles. The first-order valence-electron chi connectivity index (χ1n) is 6.95. The highest BCUT2D eigenvalue weighted by molar-refractivity contribution is 5.72. The molecule has 102 valence electrons. The molecule has 0 aliphatic heterocycles. The molecule has 2 aromatic rings. The van der Waals surface area contributed by atoms with Crippen molar-refractivity contribution < 1.29 is 9.14 Å². The molecule has 1 aromatic heterocycles. The summed E-state index contributed by atoms with van der Waals surface area (Å²) in [5.41, 5.74) is 4.92. The Morgan fingerprint density at radius 3 is 2.65 bits per heavy atom. The summed E-state index contributed by atoms with van der Waals surface area (Å²) < 4.78 is 4.39. The maximum atomic E-state index is 3.77. The van der Waals surface area contributed by atoms with E-state index in [0.717, 1.165) is 6.54 Å². The summed E-state index contributed by atoms with van der Waals surface area (Å²) in [5, 5.41) is 0. The van der Waals surface area contributed by atoms with Gasteiger partial charge in [-0.3, -0.25) is 0 Å². The van der Waals surface area contributed by atoms with Crippen molar-refractivity contribution >= 4 is 11.9 Å². The second-order valence-corrected chi connectivity index (χ2v) is 4.89. The first kappa shape index (κ1) is 14.2. The summed E-state index contributed by atoms with van der Waals surface area (Å²) in [6.45, 7) is 9.03. The van der Waals surface area contributed by atoms with Crippen molar-refractivity contribution in [3.8, 4) is 11.3 Å². The average Bonchev–Trinajstić information content (AvgIpc) is 2.47. The Balaban J connectivity index is 2.64. The molecule has 0 radical (unpaired) electrons. The predicted molar refractivity (Wildman–Crippen MR) is 84.6 cm³/mol. The van der Waals surface area contributed by atoms with Gasteiger partial charge in [-0.15, -0.1) is 0 Å². The molecule has 2 nitrogen and oxygen atoms in total. The number of aryl methyl sites for hydroxylation is 2. The molecule has 0 spiro atoms. The molecule has 1 heterocycles. The maximum absolute atomic E-state index is 3.77. The third-order valence-corrected chi connectivity index (χ3v) is 3.40. The van der Waals surface area contributed by atoms with E-state index in [2.05, 4.69) is 72.2 Å². The number of hydrogen-bond acceptors (Lipinski definition) is 0. The van der Waals surface area contributed by atoms with Gasteiger partial charge in [0.25, 0.3) is 0 Å². The van der Waals surface area contributed by atoms with Crippen LogP contribution in [0.5, 0.6) is 0 Å². The van der Waals surface area contributed by atoms with E-state index >= 15 is 0 Å². The highest BCUT2D eigenvalue weighted by Gasteiger charge is 2.19. The van der Waals surface area contributed by atoms with Crippen LogP contribution in [0.15, 0.2) is 55.3 Å². The Hall–Kier alpha value is -2.22. The number of rotatable bonds is 4. The van der Waals surface area contributed by atoms with Gasteiger partial charge >= 0.3 is 0 Å². The molecule has 0 unspecified atom stereocenters. The number of benzene rings is 1. The van der Waals surface area contributed by atoms with Gasteiger partial charge in [-0.2, -0.15) is 4.57 Å². The minimum absolute atomic E-state index is 0.959. The molecule has 2 heteroatoms. The van der Waals surface area contributed by atoms with Gasteiger partial charge in [-0.1, -0.05) is 18.7 Å². The first-order chi connectivity index (χ1) is 9.67. The van der Waals surface area contributed by atoms with Crippen LogP contribution in [0.4, 0.5) is 5.69 Å². The van der Waals surface area contributed by atoms with Crippen LogP contribution >= 0.6 is 0 Å². The van der Waals surface area contributed by atoms with Crippen molar-refractivity contribution in [3.05, 3.63) is 60.8 Å². The number of pyridine rings is 1. The molecule has 0 aliphatic rings. The van der Waals surface area contributed by atoms with Crippen LogP contribution in [0.2, 0.25) is 0 Å². The van der Waals surface area contributed by atoms with Gasteiger partial charge in [0.2, 0.25) is 11.4 Å². The smallest absolute Gasteiger partial charge is 0.201 e. The Labute approximate surface area is 121 Å². The highest BCUT2D eigenvalue weighted by atomic mass is 15.0. The first-order valence-corrected chi connectivity index (χ1v) is 6.95. The highest BCUT2D eigenvalue weighted by Crippen LogP contribution is 2.27. The third kappa shape index (κ3) is 2.85. The molecule has 1 aromatic carbocycles. The predicted octanol–water partition coefficient (Wildman–Crippen LogP) is 3.50. The maximum Gasteiger partial charge on any atom is 0.219 e. The zero-order chi connectivity index (χ0) is 14.5. The van der Waals surface area contributed by atoms with Crippen LogP contribution in [0, 0.1) is 6.92 Å². The zero-order valence-corrected chi connectivity index (χ0v) is 12.5. The summed E-state index contributed by atoms with van der Waals surface area (Å²) in [6, 6.07) is 12.8. The van der Waals surface area contributed by atoms with Gasteiger partial charge in [0, 0.05) is 17.7 Å². The largest absolute Gasteiger partial charge is 0.219 e. The molecule has 0 atom stereocenters. The SMILES string of the molecule is C=CC=[N+](C)c1ccccc1-c1ccc(C)c[n+]1CC. The van der Waals surface area contributed by atoms with Gasteiger partial charge in [-0.05, 0) is 32.1 Å². The van der Waals surface area contributed by atoms with Crippen LogP contribution in [-0.4, -0.2) is 17.8 Å². The van der Waals surface area contributed by atoms with E-state index in [9.17, 15) is 0 Å². The van der Waals surface area contributed by atoms with E-state index in [1.165, 1.54) is 22.5 Å². The lowest BCUT2D eigenvalue weighted by atomic mass is 10.1. The number of nitrogens with zero attached hydrogens (tertiary/aromatic N) is 2. The van der Waals surface area contributed by atoms with Gasteiger partial charge in [0.05, 0.1) is 0 Å². The van der Waals surface area contributed by atoms with E-state index in [0.29, 0.717) is 0 Å². The average molecular weight is 266 g/mol. The van der Waals surface area contributed by atoms with Crippen molar-refractivity contribution in [3.63, 3.8) is 0 Å². The van der Waals surface area contributed by atoms with Crippen molar-refractivity contribution in [1.82, 2.24) is 0 Å². The minimum atomic E-state index is 0.959. The fraction of sp³-hybridized carbons (Fsp3) is 0.222. The van der Waals surface area contributed by atoms with E-state index < -0.39 is 0 Å². The van der Waals surface area contributed by atoms with Gasteiger partial charge < -0.3 is 0 Å². The Bertz CT molecular complexity index is 654. The molecule has 0 aliphatic carbocycles. The van der Waals surface area contributed by atoms with Gasteiger partial charge in [0.1, 0.15) is 19.2 Å². The lowest BCUT2D eigenvalue weighted by Crippen LogP contribution is -2.35. The second-order valence-electron chi connectivity index (χ2n) is 4.89. The van der Waals surface area contributed by atoms with Gasteiger partial charge in [-0.25, -0.2) is 4.58 Å². The summed E-state index contributed by atoms with van der Waals surface area (Å²) in [6.07, 6.45) is 5.98. The van der Waals surface area contributed by atoms with Crippen molar-refractivity contribution in [2.75, 3.05) is 7.05 Å². The topological polar surface area (TPSA) is 6.89 Å². The van der Waals surface area contributed by atoms with Crippen molar-refractivity contribution in [2.45, 2.75) is 20.4 Å². The monoisotopic (exact) mass is 266 g/mol. The van der Waals surface area contributed by atoms with Crippen LogP contribution in [0.3, 0.4) is 0 Å². The number of para-hydroxylation sites is 1. The summed E-state index contributed by atoms with van der Waals surface area (Å²) >= 11 is 0. The number of hydrogen-bond donors (Lipinski definition) is 0. The molecule has 20 heavy (non-hydrogen) atoms. The van der Waals surface area contributed by atoms with Crippen LogP contribution in [-0.2, 0) is 6.54 Å². The van der Waals surface area contributed by atoms with Crippen LogP contribution in [0.1, 0.15) is 12.5 Å². The van der Waals surface area contributed by atoms with Crippen molar-refractivity contribution in [1.29, 1.82) is 0 Å². The van der Waals surface area contributed by atoms with Crippen LogP contribution in [0.25, 0.3) is 11.3 Å². The second kappa shape index (κ2) is 6.29. The molecule has 0 fully saturated rings. The molecular formula is C18H22N2+2. The molecule has 0 N–H and O–H groups in total. The Morgan fingerprint density at radius 2 is 1.95 bits per heavy atom. The third-order valence-electron chi connectivity index (χ3n) is 3.40. The molecule has 0 bridgehead atoms. The minimum Gasteiger partial charge on any atom is -0.201 e. The number of allylic oxidation sites excluding steroid dienone is 1. The van der Waals surface area contributed by atoms with Crippen molar-refractivity contribution in [2.24, 2.45) is 0 Å². The van der Waals surface area contributed by atoms with Gasteiger partial charge in [0.15, 0.2) is 12.4 Å². The van der Waals surface area contributed by atoms with E-state index in [-0.39, 0.29) is 0 Å². The molecule has 0 amide bonds. The fourth-order valence-corrected chi connectivity index (χ4v) is 2.41. The number of aromatic nitrogens is 1. The Kier molecular flexibility index (Phi) is 4.46. The molecule has 0 saturated carbocycles. The van der Waals surface area contributed by atoms with E-state index in [1.807, 2.05) is 13.3 Å².